The third kappa shape index (κ3) is 4.98. The van der Waals surface area contributed by atoms with E-state index < -0.39 is 0 Å². The number of nitrogens with zero attached hydrogens (tertiary/aromatic N) is 2. The second-order valence-electron chi connectivity index (χ2n) is 6.90. The van der Waals surface area contributed by atoms with Crippen LogP contribution in [0.3, 0.4) is 0 Å². The van der Waals surface area contributed by atoms with Crippen molar-refractivity contribution in [1.82, 2.24) is 14.9 Å². The predicted octanol–water partition coefficient (Wildman–Crippen LogP) is 4.11. The number of thioether (sulfide) groups is 1. The summed E-state index contributed by atoms with van der Waals surface area (Å²) in [7, 11) is 1.59. The number of methoxy groups -OCH3 is 1. The summed E-state index contributed by atoms with van der Waals surface area (Å²) in [6.07, 6.45) is 1.55. The highest BCUT2D eigenvalue weighted by molar-refractivity contribution is 7.99. The van der Waals surface area contributed by atoms with Gasteiger partial charge in [-0.2, -0.15) is 0 Å². The predicted molar refractivity (Wildman–Crippen MR) is 124 cm³/mol. The molecule has 0 bridgehead atoms. The summed E-state index contributed by atoms with van der Waals surface area (Å²) < 4.78 is 12.2. The highest BCUT2D eigenvalue weighted by Gasteiger charge is 2.15. The second kappa shape index (κ2) is 9.93. The Balaban J connectivity index is 1.54. The lowest BCUT2D eigenvalue weighted by Gasteiger charge is -2.13. The lowest BCUT2D eigenvalue weighted by atomic mass is 10.2. The molecule has 2 heterocycles. The van der Waals surface area contributed by atoms with Crippen molar-refractivity contribution in [1.29, 1.82) is 0 Å². The Morgan fingerprint density at radius 1 is 1.22 bits per heavy atom. The molecule has 0 saturated heterocycles. The van der Waals surface area contributed by atoms with Gasteiger partial charge in [-0.3, -0.25) is 14.2 Å². The van der Waals surface area contributed by atoms with E-state index in [-0.39, 0.29) is 23.8 Å². The van der Waals surface area contributed by atoms with Gasteiger partial charge >= 0.3 is 0 Å². The van der Waals surface area contributed by atoms with Gasteiger partial charge in [-0.15, -0.1) is 0 Å². The third-order valence-electron chi connectivity index (χ3n) is 4.78. The van der Waals surface area contributed by atoms with Crippen molar-refractivity contribution in [2.24, 2.45) is 0 Å². The van der Waals surface area contributed by atoms with Crippen LogP contribution in [0.2, 0.25) is 5.02 Å². The number of benzene rings is 2. The number of aromatic nitrogens is 2. The molecular weight excluding hydrogens is 450 g/mol. The fourth-order valence-electron chi connectivity index (χ4n) is 3.21. The Bertz CT molecular complexity index is 1300. The number of ether oxygens (including phenoxy) is 1. The Kier molecular flexibility index (Phi) is 6.82. The molecule has 4 rings (SSSR count). The molecule has 0 fully saturated rings. The summed E-state index contributed by atoms with van der Waals surface area (Å²) in [5.41, 5.74) is 1.14. The first-order valence-corrected chi connectivity index (χ1v) is 11.2. The first-order chi connectivity index (χ1) is 15.5. The van der Waals surface area contributed by atoms with Gasteiger partial charge in [0.1, 0.15) is 11.5 Å². The molecule has 0 unspecified atom stereocenters. The Morgan fingerprint density at radius 2 is 2.06 bits per heavy atom. The van der Waals surface area contributed by atoms with Crippen LogP contribution in [0.25, 0.3) is 10.9 Å². The maximum Gasteiger partial charge on any atom is 0.262 e. The molecule has 0 spiro atoms. The molecule has 0 atom stereocenters. The first-order valence-electron chi connectivity index (χ1n) is 9.79. The molecule has 7 nitrogen and oxygen atoms in total. The van der Waals surface area contributed by atoms with E-state index in [1.54, 1.807) is 43.7 Å². The smallest absolute Gasteiger partial charge is 0.262 e. The molecule has 32 heavy (non-hydrogen) atoms. The van der Waals surface area contributed by atoms with E-state index in [2.05, 4.69) is 10.3 Å². The highest BCUT2D eigenvalue weighted by atomic mass is 35.5. The maximum absolute atomic E-state index is 13.1. The minimum atomic E-state index is -0.222. The summed E-state index contributed by atoms with van der Waals surface area (Å²) in [5.74, 6) is 1.22. The molecule has 0 radical (unpaired) electrons. The van der Waals surface area contributed by atoms with Crippen molar-refractivity contribution in [3.05, 3.63) is 87.6 Å². The van der Waals surface area contributed by atoms with E-state index in [4.69, 9.17) is 20.8 Å². The average Bonchev–Trinajstić information content (AvgIpc) is 3.31. The summed E-state index contributed by atoms with van der Waals surface area (Å²) in [6.45, 7) is 0.548. The standard InChI is InChI=1S/C23H20ClN3O4S/c1-30-20-7-3-2-5-15(20)12-25-21(28)14-32-23-26-19-11-16(24)8-9-18(19)22(29)27(23)13-17-6-4-10-31-17/h2-11H,12-14H2,1H3,(H,25,28). The van der Waals surface area contributed by atoms with Crippen LogP contribution in [0.4, 0.5) is 0 Å². The van der Waals surface area contributed by atoms with E-state index in [1.807, 2.05) is 24.3 Å². The summed E-state index contributed by atoms with van der Waals surface area (Å²) in [4.78, 5) is 30.2. The minimum absolute atomic E-state index is 0.0891. The van der Waals surface area contributed by atoms with Gasteiger partial charge in [-0.1, -0.05) is 41.6 Å². The van der Waals surface area contributed by atoms with Gasteiger partial charge < -0.3 is 14.5 Å². The molecule has 2 aromatic carbocycles. The van der Waals surface area contributed by atoms with Crippen LogP contribution in [-0.2, 0) is 17.9 Å². The third-order valence-corrected chi connectivity index (χ3v) is 5.99. The van der Waals surface area contributed by atoms with Crippen LogP contribution in [0.5, 0.6) is 5.75 Å². The van der Waals surface area contributed by atoms with Gasteiger partial charge in [0.2, 0.25) is 5.91 Å². The fraction of sp³-hybridized carbons (Fsp3) is 0.174. The van der Waals surface area contributed by atoms with E-state index in [0.717, 1.165) is 5.56 Å². The molecule has 164 valence electrons. The molecule has 0 aliphatic carbocycles. The number of hydrogen-bond acceptors (Lipinski definition) is 6. The topological polar surface area (TPSA) is 86.4 Å². The Morgan fingerprint density at radius 3 is 2.84 bits per heavy atom. The van der Waals surface area contributed by atoms with Crippen LogP contribution in [0, 0.1) is 0 Å². The Hall–Kier alpha value is -3.23. The average molecular weight is 470 g/mol. The number of halogens is 1. The molecular formula is C23H20ClN3O4S. The number of fused-ring (bicyclic) bond motifs is 1. The monoisotopic (exact) mass is 469 g/mol. The number of furan rings is 1. The highest BCUT2D eigenvalue weighted by Crippen LogP contribution is 2.22. The minimum Gasteiger partial charge on any atom is -0.496 e. The normalized spacial score (nSPS) is 10.9. The molecule has 1 amide bonds. The first kappa shape index (κ1) is 22.0. The lowest BCUT2D eigenvalue weighted by Crippen LogP contribution is -2.27. The number of hydrogen-bond donors (Lipinski definition) is 1. The molecule has 9 heteroatoms. The fourth-order valence-corrected chi connectivity index (χ4v) is 4.20. The zero-order valence-corrected chi connectivity index (χ0v) is 18.8. The van der Waals surface area contributed by atoms with Gasteiger partial charge in [0.25, 0.3) is 5.56 Å². The van der Waals surface area contributed by atoms with E-state index in [0.29, 0.717) is 39.1 Å². The number of rotatable bonds is 8. The van der Waals surface area contributed by atoms with Crippen molar-refractivity contribution < 1.29 is 13.9 Å². The summed E-state index contributed by atoms with van der Waals surface area (Å²) >= 11 is 7.27. The van der Waals surface area contributed by atoms with Crippen LogP contribution in [-0.4, -0.2) is 28.3 Å². The largest absolute Gasteiger partial charge is 0.496 e. The molecule has 1 N–H and O–H groups in total. The van der Waals surface area contributed by atoms with Crippen molar-refractivity contribution in [2.45, 2.75) is 18.2 Å². The number of para-hydroxylation sites is 1. The van der Waals surface area contributed by atoms with Crippen molar-refractivity contribution in [3.63, 3.8) is 0 Å². The van der Waals surface area contributed by atoms with Crippen LogP contribution < -0.4 is 15.6 Å². The van der Waals surface area contributed by atoms with Gasteiger partial charge in [0.15, 0.2) is 5.16 Å². The lowest BCUT2D eigenvalue weighted by molar-refractivity contribution is -0.118. The quantitative estimate of drug-likeness (QED) is 0.309. The van der Waals surface area contributed by atoms with Crippen LogP contribution in [0.15, 0.2) is 75.2 Å². The SMILES string of the molecule is COc1ccccc1CNC(=O)CSc1nc2cc(Cl)ccc2c(=O)n1Cc1ccco1. The zero-order chi connectivity index (χ0) is 22.5. The van der Waals surface area contributed by atoms with Crippen molar-refractivity contribution >= 4 is 40.2 Å². The molecule has 0 aliphatic rings. The van der Waals surface area contributed by atoms with Gasteiger partial charge in [0, 0.05) is 17.1 Å². The van der Waals surface area contributed by atoms with E-state index in [1.165, 1.54) is 16.3 Å². The molecule has 4 aromatic rings. The van der Waals surface area contributed by atoms with Crippen LogP contribution >= 0.6 is 23.4 Å². The van der Waals surface area contributed by atoms with E-state index >= 15 is 0 Å². The van der Waals surface area contributed by atoms with Crippen LogP contribution in [0.1, 0.15) is 11.3 Å². The van der Waals surface area contributed by atoms with Crippen molar-refractivity contribution in [3.8, 4) is 5.75 Å². The van der Waals surface area contributed by atoms with Gasteiger partial charge in [0.05, 0.1) is 36.6 Å². The Labute approximate surface area is 193 Å². The van der Waals surface area contributed by atoms with Gasteiger partial charge in [-0.05, 0) is 36.4 Å². The summed E-state index contributed by atoms with van der Waals surface area (Å²) in [5, 5.41) is 4.22. The summed E-state index contributed by atoms with van der Waals surface area (Å²) in [6, 6.07) is 16.0. The second-order valence-corrected chi connectivity index (χ2v) is 8.28. The van der Waals surface area contributed by atoms with Crippen molar-refractivity contribution in [2.75, 3.05) is 12.9 Å². The molecule has 0 aliphatic heterocycles. The van der Waals surface area contributed by atoms with Gasteiger partial charge in [-0.25, -0.2) is 4.98 Å². The number of carbonyl (C=O) groups excluding carboxylic acids is 1. The maximum atomic E-state index is 13.1. The number of amides is 1. The molecule has 0 saturated carbocycles. The zero-order valence-electron chi connectivity index (χ0n) is 17.2. The molecule has 2 aromatic heterocycles. The number of carbonyl (C=O) groups is 1. The number of nitrogens with one attached hydrogen (secondary N) is 1. The van der Waals surface area contributed by atoms with E-state index in [9.17, 15) is 9.59 Å².